The molecule has 1 N–H and O–H groups in total. The highest BCUT2D eigenvalue weighted by atomic mass is 32.2. The molecule has 7 nitrogen and oxygen atoms in total. The number of carbonyl (C=O) groups is 1. The molecule has 0 spiro atoms. The van der Waals surface area contributed by atoms with Crippen LogP contribution in [0.5, 0.6) is 0 Å². The summed E-state index contributed by atoms with van der Waals surface area (Å²) in [4.78, 5) is 20.3. The van der Waals surface area contributed by atoms with Crippen LogP contribution in [0.3, 0.4) is 0 Å². The van der Waals surface area contributed by atoms with Crippen LogP contribution in [0.2, 0.25) is 0 Å². The van der Waals surface area contributed by atoms with Gasteiger partial charge in [-0.1, -0.05) is 6.92 Å². The highest BCUT2D eigenvalue weighted by molar-refractivity contribution is 7.90. The summed E-state index contributed by atoms with van der Waals surface area (Å²) in [5.74, 6) is -4.56. The van der Waals surface area contributed by atoms with Gasteiger partial charge in [0.15, 0.2) is 9.84 Å². The van der Waals surface area contributed by atoms with Crippen molar-refractivity contribution in [2.75, 3.05) is 5.75 Å². The fraction of sp³-hybridized carbons (Fsp3) is 0.364. The number of hydrogen-bond donors (Lipinski definition) is 1. The zero-order chi connectivity index (χ0) is 15.5. The second-order valence-electron chi connectivity index (χ2n) is 4.37. The van der Waals surface area contributed by atoms with Crippen LogP contribution in [-0.4, -0.2) is 30.2 Å². The molecule has 0 aliphatic carbocycles. The van der Waals surface area contributed by atoms with Crippen LogP contribution in [0.25, 0.3) is 0 Å². The predicted molar refractivity (Wildman–Crippen MR) is 67.3 cm³/mol. The van der Waals surface area contributed by atoms with Crippen LogP contribution in [0.15, 0.2) is 18.2 Å². The van der Waals surface area contributed by atoms with Gasteiger partial charge in [-0.15, -0.1) is 0 Å². The van der Waals surface area contributed by atoms with E-state index in [-0.39, 0.29) is 5.56 Å². The van der Waals surface area contributed by atoms with E-state index in [4.69, 9.17) is 5.11 Å². The van der Waals surface area contributed by atoms with Crippen molar-refractivity contribution in [3.05, 3.63) is 39.7 Å². The van der Waals surface area contributed by atoms with Crippen molar-refractivity contribution in [1.29, 1.82) is 0 Å². The Morgan fingerprint density at radius 2 is 2.05 bits per heavy atom. The highest BCUT2D eigenvalue weighted by Gasteiger charge is 2.22. The molecule has 0 aliphatic heterocycles. The molecule has 0 fully saturated rings. The Hall–Kier alpha value is -2.03. The maximum Gasteiger partial charge on any atom is 0.307 e. The molecule has 1 aromatic carbocycles. The Labute approximate surface area is 114 Å². The lowest BCUT2D eigenvalue weighted by Gasteiger charge is -2.08. The number of nitro benzene ring substituents is 1. The van der Waals surface area contributed by atoms with Crippen LogP contribution in [-0.2, 0) is 20.4 Å². The van der Waals surface area contributed by atoms with Gasteiger partial charge in [-0.05, 0) is 11.6 Å². The number of halogens is 1. The smallest absolute Gasteiger partial charge is 0.307 e. The number of rotatable bonds is 6. The van der Waals surface area contributed by atoms with Gasteiger partial charge in [-0.25, -0.2) is 12.8 Å². The molecule has 1 aromatic rings. The van der Waals surface area contributed by atoms with Crippen LogP contribution in [0.1, 0.15) is 12.5 Å². The molecule has 0 aliphatic rings. The number of nitrogens with zero attached hydrogens (tertiary/aromatic N) is 1. The van der Waals surface area contributed by atoms with E-state index in [1.165, 1.54) is 6.92 Å². The van der Waals surface area contributed by atoms with Crippen molar-refractivity contribution in [3.8, 4) is 0 Å². The second-order valence-corrected chi connectivity index (χ2v) is 6.48. The third-order valence-electron chi connectivity index (χ3n) is 2.47. The molecule has 0 heterocycles. The quantitative estimate of drug-likeness (QED) is 0.627. The zero-order valence-electron chi connectivity index (χ0n) is 10.4. The lowest BCUT2D eigenvalue weighted by Crippen LogP contribution is -2.22. The van der Waals surface area contributed by atoms with Gasteiger partial charge in [0.05, 0.1) is 28.4 Å². The Morgan fingerprint density at radius 1 is 1.45 bits per heavy atom. The van der Waals surface area contributed by atoms with E-state index in [9.17, 15) is 27.7 Å². The average Bonchev–Trinajstić information content (AvgIpc) is 2.26. The van der Waals surface area contributed by atoms with Crippen molar-refractivity contribution in [1.82, 2.24) is 0 Å². The topological polar surface area (TPSA) is 115 Å². The molecule has 0 radical (unpaired) electrons. The summed E-state index contributed by atoms with van der Waals surface area (Å²) in [5.41, 5.74) is -0.643. The molecule has 0 saturated carbocycles. The number of aliphatic carboxylic acids is 1. The summed E-state index contributed by atoms with van der Waals surface area (Å²) in [5, 5.41) is 19.2. The molecule has 1 rings (SSSR count). The van der Waals surface area contributed by atoms with E-state index in [1.54, 1.807) is 0 Å². The third-order valence-corrected chi connectivity index (χ3v) is 4.25. The standard InChI is InChI=1S/C11H12FNO6S/c1-7(11(14)15)5-20(18,19)6-8-2-9(12)4-10(3-8)13(16)17/h2-4,7H,5-6H2,1H3,(H,14,15). The van der Waals surface area contributed by atoms with E-state index >= 15 is 0 Å². The first-order chi connectivity index (χ1) is 9.10. The Bertz CT molecular complexity index is 642. The largest absolute Gasteiger partial charge is 0.481 e. The number of hydrogen-bond acceptors (Lipinski definition) is 5. The molecular formula is C11H12FNO6S. The Morgan fingerprint density at radius 3 is 2.55 bits per heavy atom. The lowest BCUT2D eigenvalue weighted by atomic mass is 10.2. The molecule has 20 heavy (non-hydrogen) atoms. The van der Waals surface area contributed by atoms with Gasteiger partial charge in [0.25, 0.3) is 5.69 Å². The molecule has 0 aromatic heterocycles. The van der Waals surface area contributed by atoms with Crippen molar-refractivity contribution >= 4 is 21.5 Å². The minimum Gasteiger partial charge on any atom is -0.481 e. The van der Waals surface area contributed by atoms with E-state index in [1.807, 2.05) is 0 Å². The van der Waals surface area contributed by atoms with Crippen LogP contribution >= 0.6 is 0 Å². The first-order valence-corrected chi connectivity index (χ1v) is 7.30. The Kier molecular flexibility index (Phi) is 4.77. The maximum absolute atomic E-state index is 13.2. The fourth-order valence-corrected chi connectivity index (χ4v) is 3.28. The van der Waals surface area contributed by atoms with E-state index in [2.05, 4.69) is 0 Å². The van der Waals surface area contributed by atoms with Gasteiger partial charge in [0, 0.05) is 6.07 Å². The van der Waals surface area contributed by atoms with E-state index in [0.717, 1.165) is 12.1 Å². The number of nitro groups is 1. The SMILES string of the molecule is CC(CS(=O)(=O)Cc1cc(F)cc([N+](=O)[O-])c1)C(=O)O. The summed E-state index contributed by atoms with van der Waals surface area (Å²) in [7, 11) is -3.81. The summed E-state index contributed by atoms with van der Waals surface area (Å²) >= 11 is 0. The fourth-order valence-electron chi connectivity index (χ4n) is 1.59. The van der Waals surface area contributed by atoms with Gasteiger partial charge in [-0.3, -0.25) is 14.9 Å². The van der Waals surface area contributed by atoms with Gasteiger partial charge >= 0.3 is 5.97 Å². The van der Waals surface area contributed by atoms with Crippen LogP contribution < -0.4 is 0 Å². The number of carboxylic acids is 1. The van der Waals surface area contributed by atoms with Gasteiger partial charge in [0.1, 0.15) is 5.82 Å². The van der Waals surface area contributed by atoms with Gasteiger partial charge in [-0.2, -0.15) is 0 Å². The number of benzene rings is 1. The maximum atomic E-state index is 13.2. The molecule has 0 saturated heterocycles. The molecule has 1 atom stereocenters. The van der Waals surface area contributed by atoms with E-state index in [0.29, 0.717) is 6.07 Å². The minimum atomic E-state index is -3.81. The molecule has 0 amide bonds. The average molecular weight is 305 g/mol. The molecule has 110 valence electrons. The molecular weight excluding hydrogens is 293 g/mol. The minimum absolute atomic E-state index is 0.0886. The number of sulfone groups is 1. The third kappa shape index (κ3) is 4.57. The summed E-state index contributed by atoms with van der Waals surface area (Å²) in [6, 6.07) is 2.50. The Balaban J connectivity index is 2.98. The van der Waals surface area contributed by atoms with Crippen molar-refractivity contribution in [3.63, 3.8) is 0 Å². The predicted octanol–water partition coefficient (Wildman–Crippen LogP) is 1.37. The highest BCUT2D eigenvalue weighted by Crippen LogP contribution is 2.19. The first-order valence-electron chi connectivity index (χ1n) is 5.48. The van der Waals surface area contributed by atoms with Gasteiger partial charge in [0.2, 0.25) is 0 Å². The number of non-ortho nitro benzene ring substituents is 1. The van der Waals surface area contributed by atoms with E-state index < -0.39 is 49.7 Å². The zero-order valence-corrected chi connectivity index (χ0v) is 11.3. The van der Waals surface area contributed by atoms with Crippen LogP contribution in [0, 0.1) is 21.8 Å². The molecule has 9 heteroatoms. The normalized spacial score (nSPS) is 12.9. The van der Waals surface area contributed by atoms with Gasteiger partial charge < -0.3 is 5.11 Å². The summed E-state index contributed by atoms with van der Waals surface area (Å²) in [6.07, 6.45) is 0. The second kappa shape index (κ2) is 5.95. The van der Waals surface area contributed by atoms with Crippen molar-refractivity contribution in [2.24, 2.45) is 5.92 Å². The lowest BCUT2D eigenvalue weighted by molar-refractivity contribution is -0.385. The van der Waals surface area contributed by atoms with Crippen molar-refractivity contribution < 1.29 is 27.6 Å². The monoisotopic (exact) mass is 305 g/mol. The van der Waals surface area contributed by atoms with Crippen molar-refractivity contribution in [2.45, 2.75) is 12.7 Å². The molecule has 0 bridgehead atoms. The summed E-state index contributed by atoms with van der Waals surface area (Å²) < 4.78 is 36.7. The molecule has 1 unspecified atom stereocenters. The number of carboxylic acid groups (broad SMARTS) is 1. The summed E-state index contributed by atoms with van der Waals surface area (Å²) in [6.45, 7) is 1.23. The first kappa shape index (κ1) is 16.0. The van der Waals surface area contributed by atoms with Crippen LogP contribution in [0.4, 0.5) is 10.1 Å².